The first-order valence-electron chi connectivity index (χ1n) is 11.0. The molecule has 0 radical (unpaired) electrons. The highest BCUT2D eigenvalue weighted by Crippen LogP contribution is 2.52. The molecule has 0 aromatic heterocycles. The molecule has 1 aliphatic heterocycles. The van der Waals surface area contributed by atoms with Crippen LogP contribution in [0.5, 0.6) is 11.5 Å². The predicted molar refractivity (Wildman–Crippen MR) is 133 cm³/mol. The quantitative estimate of drug-likeness (QED) is 0.231. The van der Waals surface area contributed by atoms with Crippen molar-refractivity contribution in [2.24, 2.45) is 28.8 Å². The molecule has 2 aliphatic carbocycles. The van der Waals surface area contributed by atoms with Gasteiger partial charge in [-0.1, -0.05) is 18.2 Å². The zero-order valence-corrected chi connectivity index (χ0v) is 20.8. The van der Waals surface area contributed by atoms with Gasteiger partial charge in [0.05, 0.1) is 28.7 Å². The van der Waals surface area contributed by atoms with E-state index in [0.29, 0.717) is 26.3 Å². The van der Waals surface area contributed by atoms with E-state index in [1.807, 2.05) is 34.7 Å². The van der Waals surface area contributed by atoms with E-state index in [2.05, 4.69) is 10.4 Å². The fourth-order valence-corrected chi connectivity index (χ4v) is 5.76. The van der Waals surface area contributed by atoms with E-state index in [4.69, 9.17) is 9.47 Å². The topological polar surface area (TPSA) is 97.3 Å². The second kappa shape index (κ2) is 9.40. The first-order chi connectivity index (χ1) is 16.9. The van der Waals surface area contributed by atoms with Crippen LogP contribution in [0.4, 0.5) is 10.1 Å². The number of hydrogen-bond donors (Lipinski definition) is 1. The molecular weight excluding hydrogens is 568 g/mol. The molecule has 5 rings (SSSR count). The number of nitrogens with zero attached hydrogens (tertiary/aromatic N) is 2. The number of nitrogens with one attached hydrogen (secondary N) is 1. The fourth-order valence-electron chi connectivity index (χ4n) is 4.98. The summed E-state index contributed by atoms with van der Waals surface area (Å²) in [5.41, 5.74) is 0.923. The molecule has 1 saturated carbocycles. The van der Waals surface area contributed by atoms with Crippen molar-refractivity contribution in [3.8, 4) is 11.5 Å². The number of ether oxygens (including phenoxy) is 2. The molecular formula is C25H21FIN3O5. The summed E-state index contributed by atoms with van der Waals surface area (Å²) >= 11 is 2.04. The highest BCUT2D eigenvalue weighted by Gasteiger charge is 2.59. The lowest BCUT2D eigenvalue weighted by molar-refractivity contribution is -0.140. The van der Waals surface area contributed by atoms with E-state index in [0.717, 1.165) is 11.4 Å². The minimum absolute atomic E-state index is 0.122. The molecule has 1 saturated heterocycles. The van der Waals surface area contributed by atoms with Crippen molar-refractivity contribution in [3.63, 3.8) is 0 Å². The van der Waals surface area contributed by atoms with Gasteiger partial charge in [0.25, 0.3) is 17.7 Å². The van der Waals surface area contributed by atoms with Gasteiger partial charge in [0.15, 0.2) is 18.1 Å². The lowest BCUT2D eigenvalue weighted by Gasteiger charge is -2.14. The van der Waals surface area contributed by atoms with Crippen molar-refractivity contribution >= 4 is 52.2 Å². The lowest BCUT2D eigenvalue weighted by atomic mass is 9.85. The molecule has 0 unspecified atom stereocenters. The van der Waals surface area contributed by atoms with Gasteiger partial charge < -0.3 is 14.8 Å². The summed E-state index contributed by atoms with van der Waals surface area (Å²) < 4.78 is 25.0. The Balaban J connectivity index is 1.26. The summed E-state index contributed by atoms with van der Waals surface area (Å²) in [5.74, 6) is -1.08. The van der Waals surface area contributed by atoms with Gasteiger partial charge in [-0.2, -0.15) is 10.1 Å². The summed E-state index contributed by atoms with van der Waals surface area (Å²) in [5, 5.41) is 7.75. The SMILES string of the molecule is COc1cc(C=NN2C(=O)[C@@H]3[C@H](C2=O)[C@H]2C=C[C@H]3C2)cc(I)c1OCC(=O)Nc1cccc(F)c1. The number of methoxy groups -OCH3 is 1. The number of imide groups is 1. The third-order valence-electron chi connectivity index (χ3n) is 6.48. The van der Waals surface area contributed by atoms with E-state index in [1.54, 1.807) is 18.2 Å². The van der Waals surface area contributed by atoms with Crippen LogP contribution in [0.3, 0.4) is 0 Å². The summed E-state index contributed by atoms with van der Waals surface area (Å²) in [6, 6.07) is 8.94. The number of hydrazone groups is 1. The van der Waals surface area contributed by atoms with Gasteiger partial charge in [-0.15, -0.1) is 0 Å². The second-order valence-electron chi connectivity index (χ2n) is 8.61. The van der Waals surface area contributed by atoms with Gasteiger partial charge >= 0.3 is 0 Å². The third-order valence-corrected chi connectivity index (χ3v) is 7.28. The van der Waals surface area contributed by atoms with Gasteiger partial charge in [-0.05, 0) is 76.7 Å². The van der Waals surface area contributed by atoms with Crippen LogP contribution in [0, 0.1) is 33.1 Å². The summed E-state index contributed by atoms with van der Waals surface area (Å²) in [6.07, 6.45) is 6.38. The van der Waals surface area contributed by atoms with Crippen LogP contribution in [0.15, 0.2) is 53.7 Å². The molecule has 3 aliphatic rings. The van der Waals surface area contributed by atoms with Gasteiger partial charge in [0.1, 0.15) is 5.82 Å². The molecule has 1 N–H and O–H groups in total. The van der Waals surface area contributed by atoms with Gasteiger partial charge in [-0.3, -0.25) is 14.4 Å². The Morgan fingerprint density at radius 3 is 2.57 bits per heavy atom. The number of halogens is 2. The largest absolute Gasteiger partial charge is 0.493 e. The van der Waals surface area contributed by atoms with Crippen molar-refractivity contribution in [1.82, 2.24) is 5.01 Å². The molecule has 35 heavy (non-hydrogen) atoms. The monoisotopic (exact) mass is 589 g/mol. The number of benzene rings is 2. The normalized spacial score (nSPS) is 24.4. The molecule has 8 nitrogen and oxygen atoms in total. The number of allylic oxidation sites excluding steroid dienone is 2. The lowest BCUT2D eigenvalue weighted by Crippen LogP contribution is -2.28. The number of amides is 3. The van der Waals surface area contributed by atoms with E-state index in [9.17, 15) is 18.8 Å². The molecule has 2 fully saturated rings. The van der Waals surface area contributed by atoms with Gasteiger partial charge in [0, 0.05) is 5.69 Å². The Morgan fingerprint density at radius 2 is 1.91 bits per heavy atom. The Hall–Kier alpha value is -3.28. The van der Waals surface area contributed by atoms with Crippen molar-refractivity contribution < 1.29 is 28.2 Å². The van der Waals surface area contributed by atoms with E-state index >= 15 is 0 Å². The van der Waals surface area contributed by atoms with Crippen LogP contribution < -0.4 is 14.8 Å². The molecule has 4 atom stereocenters. The van der Waals surface area contributed by atoms with Crippen LogP contribution in [-0.4, -0.2) is 42.7 Å². The highest BCUT2D eigenvalue weighted by molar-refractivity contribution is 14.1. The van der Waals surface area contributed by atoms with Crippen LogP contribution in [0.25, 0.3) is 0 Å². The molecule has 0 spiro atoms. The van der Waals surface area contributed by atoms with Crippen LogP contribution in [-0.2, 0) is 14.4 Å². The summed E-state index contributed by atoms with van der Waals surface area (Å²) in [4.78, 5) is 37.8. The smallest absolute Gasteiger partial charge is 0.262 e. The first-order valence-corrected chi connectivity index (χ1v) is 12.1. The Labute approximate surface area is 214 Å². The number of hydrogen-bond acceptors (Lipinski definition) is 6. The van der Waals surface area contributed by atoms with E-state index in [-0.39, 0.29) is 42.1 Å². The van der Waals surface area contributed by atoms with Crippen molar-refractivity contribution in [3.05, 3.63) is 63.5 Å². The number of fused-ring (bicyclic) bond motifs is 5. The first kappa shape index (κ1) is 23.5. The Kier molecular flexibility index (Phi) is 6.30. The minimum Gasteiger partial charge on any atom is -0.493 e. The van der Waals surface area contributed by atoms with Crippen molar-refractivity contribution in [2.45, 2.75) is 6.42 Å². The average molecular weight is 589 g/mol. The van der Waals surface area contributed by atoms with Crippen molar-refractivity contribution in [1.29, 1.82) is 0 Å². The highest BCUT2D eigenvalue weighted by atomic mass is 127. The summed E-state index contributed by atoms with van der Waals surface area (Å²) in [7, 11) is 1.46. The number of rotatable bonds is 7. The van der Waals surface area contributed by atoms with E-state index < -0.39 is 11.7 Å². The molecule has 1 heterocycles. The maximum Gasteiger partial charge on any atom is 0.262 e. The molecule has 10 heteroatoms. The third kappa shape index (κ3) is 4.42. The van der Waals surface area contributed by atoms with Gasteiger partial charge in [0.2, 0.25) is 0 Å². The van der Waals surface area contributed by atoms with Gasteiger partial charge in [-0.25, -0.2) is 4.39 Å². The molecule has 2 aromatic carbocycles. The fraction of sp³-hybridized carbons (Fsp3) is 0.280. The Bertz CT molecular complexity index is 1250. The van der Waals surface area contributed by atoms with E-state index in [1.165, 1.54) is 31.5 Å². The number of carbonyl (C=O) groups is 3. The van der Waals surface area contributed by atoms with Crippen LogP contribution in [0.1, 0.15) is 12.0 Å². The van der Waals surface area contributed by atoms with Crippen molar-refractivity contribution in [2.75, 3.05) is 19.0 Å². The van der Waals surface area contributed by atoms with Crippen LogP contribution in [0.2, 0.25) is 0 Å². The maximum atomic E-state index is 13.3. The molecule has 180 valence electrons. The second-order valence-corrected chi connectivity index (χ2v) is 9.78. The Morgan fingerprint density at radius 1 is 1.20 bits per heavy atom. The molecule has 2 bridgehead atoms. The number of carbonyl (C=O) groups excluding carboxylic acids is 3. The minimum atomic E-state index is -0.459. The number of anilines is 1. The molecule has 2 aromatic rings. The predicted octanol–water partition coefficient (Wildman–Crippen LogP) is 3.60. The van der Waals surface area contributed by atoms with Crippen LogP contribution >= 0.6 is 22.6 Å². The molecule has 3 amide bonds. The zero-order valence-electron chi connectivity index (χ0n) is 18.6. The zero-order chi connectivity index (χ0) is 24.7. The average Bonchev–Trinajstić information content (AvgIpc) is 3.51. The maximum absolute atomic E-state index is 13.3. The summed E-state index contributed by atoms with van der Waals surface area (Å²) in [6.45, 7) is -0.313. The standard InChI is InChI=1S/C25H21FIN3O5/c1-34-19-8-13(11-28-30-24(32)21-14-5-6-15(9-14)22(21)25(30)33)7-18(27)23(19)35-12-20(31)29-17-4-2-3-16(26)10-17/h2-8,10-11,14-15,21-22H,9,12H2,1H3,(H,29,31)/t14-,15-,21-,22+/m0/s1.